The molecule has 0 bridgehead atoms. The molecule has 0 saturated carbocycles. The lowest BCUT2D eigenvalue weighted by atomic mass is 9.82. The van der Waals surface area contributed by atoms with E-state index in [0.717, 1.165) is 49.7 Å². The topological polar surface area (TPSA) is 67.8 Å². The van der Waals surface area contributed by atoms with Gasteiger partial charge in [-0.15, -0.1) is 11.3 Å². The highest BCUT2D eigenvalue weighted by molar-refractivity contribution is 7.14. The van der Waals surface area contributed by atoms with Crippen molar-refractivity contribution in [3.05, 3.63) is 40.0 Å². The number of piperidine rings is 1. The molecule has 2 saturated heterocycles. The zero-order valence-electron chi connectivity index (χ0n) is 15.8. The predicted octanol–water partition coefficient (Wildman–Crippen LogP) is 2.08. The molecule has 2 aromatic heterocycles. The first kappa shape index (κ1) is 18.0. The number of carbonyl (C=O) groups excluding carboxylic acids is 1. The van der Waals surface area contributed by atoms with Gasteiger partial charge in [0.15, 0.2) is 0 Å². The minimum Gasteiger partial charge on any atom is -0.378 e. The van der Waals surface area contributed by atoms with Crippen LogP contribution >= 0.6 is 11.3 Å². The second-order valence-corrected chi connectivity index (χ2v) is 8.63. The van der Waals surface area contributed by atoms with Crippen LogP contribution in [0.15, 0.2) is 24.7 Å². The van der Waals surface area contributed by atoms with E-state index in [2.05, 4.69) is 20.9 Å². The lowest BCUT2D eigenvalue weighted by Gasteiger charge is -2.44. The normalized spacial score (nSPS) is 21.6. The smallest absolute Gasteiger partial charge is 0.264 e. The number of morpholine rings is 1. The predicted molar refractivity (Wildman–Crippen MR) is 106 cm³/mol. The maximum absolute atomic E-state index is 12.9. The summed E-state index contributed by atoms with van der Waals surface area (Å²) < 4.78 is 11.7. The largest absolute Gasteiger partial charge is 0.378 e. The Morgan fingerprint density at radius 2 is 1.93 bits per heavy atom. The first-order valence-electron chi connectivity index (χ1n) is 9.90. The van der Waals surface area contributed by atoms with Gasteiger partial charge in [0.2, 0.25) is 0 Å². The average molecular weight is 401 g/mol. The molecule has 8 heteroatoms. The summed E-state index contributed by atoms with van der Waals surface area (Å²) in [5.74, 6) is 1.05. The number of amides is 1. The highest BCUT2D eigenvalue weighted by atomic mass is 32.1. The summed E-state index contributed by atoms with van der Waals surface area (Å²) >= 11 is 1.65. The molecule has 28 heavy (non-hydrogen) atoms. The van der Waals surface area contributed by atoms with Crippen molar-refractivity contribution in [1.82, 2.24) is 14.9 Å². The Morgan fingerprint density at radius 3 is 2.68 bits per heavy atom. The summed E-state index contributed by atoms with van der Waals surface area (Å²) in [6, 6.07) is 2.11. The zero-order valence-corrected chi connectivity index (χ0v) is 16.6. The Kier molecular flexibility index (Phi) is 4.78. The Labute approximate surface area is 168 Å². The fourth-order valence-corrected chi connectivity index (χ4v) is 5.61. The third-order valence-corrected chi connectivity index (χ3v) is 7.14. The van der Waals surface area contributed by atoms with Crippen LogP contribution in [0, 0.1) is 0 Å². The van der Waals surface area contributed by atoms with E-state index in [1.165, 1.54) is 10.4 Å². The van der Waals surface area contributed by atoms with Crippen molar-refractivity contribution in [2.24, 2.45) is 0 Å². The highest BCUT2D eigenvalue weighted by Gasteiger charge is 2.42. The molecule has 0 aliphatic carbocycles. The third-order valence-electron chi connectivity index (χ3n) is 5.96. The molecule has 0 N–H and O–H groups in total. The molecule has 2 aromatic rings. The van der Waals surface area contributed by atoms with Crippen LogP contribution in [0.2, 0.25) is 0 Å². The van der Waals surface area contributed by atoms with Crippen molar-refractivity contribution < 1.29 is 14.3 Å². The molecule has 7 nitrogen and oxygen atoms in total. The standard InChI is InChI=1S/C20H24N4O3S/c25-19(24-8-11-26-12-9-24)17-13-15-16(28-17)1-10-27-20(15)2-6-23(7-3-20)18-14-21-4-5-22-18/h4-5,13-14H,1-3,6-12H2. The molecule has 148 valence electrons. The lowest BCUT2D eigenvalue weighted by molar-refractivity contribution is -0.0757. The maximum atomic E-state index is 12.9. The van der Waals surface area contributed by atoms with E-state index in [-0.39, 0.29) is 11.5 Å². The third kappa shape index (κ3) is 3.19. The number of thiophene rings is 1. The summed E-state index contributed by atoms with van der Waals surface area (Å²) in [5, 5.41) is 0. The van der Waals surface area contributed by atoms with Crippen LogP contribution < -0.4 is 4.90 Å². The van der Waals surface area contributed by atoms with E-state index in [1.807, 2.05) is 11.1 Å². The van der Waals surface area contributed by atoms with Gasteiger partial charge in [-0.25, -0.2) is 4.98 Å². The van der Waals surface area contributed by atoms with Gasteiger partial charge in [-0.2, -0.15) is 0 Å². The average Bonchev–Trinajstić information content (AvgIpc) is 3.21. The summed E-state index contributed by atoms with van der Waals surface area (Å²) in [7, 11) is 0. The van der Waals surface area contributed by atoms with Crippen LogP contribution in [-0.4, -0.2) is 66.8 Å². The van der Waals surface area contributed by atoms with Crippen molar-refractivity contribution in [1.29, 1.82) is 0 Å². The summed E-state index contributed by atoms with van der Waals surface area (Å²) in [6.45, 7) is 5.09. The quantitative estimate of drug-likeness (QED) is 0.769. The molecule has 5 heterocycles. The fraction of sp³-hybridized carbons (Fsp3) is 0.550. The van der Waals surface area contributed by atoms with Gasteiger partial charge in [-0.1, -0.05) is 0 Å². The molecule has 1 spiro atoms. The molecular formula is C20H24N4O3S. The maximum Gasteiger partial charge on any atom is 0.264 e. The van der Waals surface area contributed by atoms with Gasteiger partial charge in [0.1, 0.15) is 5.82 Å². The van der Waals surface area contributed by atoms with E-state index in [4.69, 9.17) is 9.47 Å². The van der Waals surface area contributed by atoms with Gasteiger partial charge in [0, 0.05) is 49.9 Å². The summed E-state index contributed by atoms with van der Waals surface area (Å²) in [6.07, 6.45) is 7.94. The van der Waals surface area contributed by atoms with E-state index < -0.39 is 0 Å². The van der Waals surface area contributed by atoms with Crippen LogP contribution in [0.4, 0.5) is 5.82 Å². The number of hydrogen-bond acceptors (Lipinski definition) is 7. The van der Waals surface area contributed by atoms with E-state index >= 15 is 0 Å². The van der Waals surface area contributed by atoms with Crippen molar-refractivity contribution in [3.63, 3.8) is 0 Å². The Hall–Kier alpha value is -2.03. The monoisotopic (exact) mass is 400 g/mol. The number of carbonyl (C=O) groups is 1. The Bertz CT molecular complexity index is 842. The van der Waals surface area contributed by atoms with Gasteiger partial charge in [0.05, 0.1) is 36.5 Å². The van der Waals surface area contributed by atoms with Crippen molar-refractivity contribution in [3.8, 4) is 0 Å². The molecule has 0 unspecified atom stereocenters. The second-order valence-electron chi connectivity index (χ2n) is 7.50. The number of hydrogen-bond donors (Lipinski definition) is 0. The molecule has 0 aromatic carbocycles. The Balaban J connectivity index is 1.36. The summed E-state index contributed by atoms with van der Waals surface area (Å²) in [5.41, 5.74) is 0.964. The number of nitrogens with zero attached hydrogens (tertiary/aromatic N) is 4. The lowest BCUT2D eigenvalue weighted by Crippen LogP contribution is -2.46. The molecule has 3 aliphatic heterocycles. The van der Waals surface area contributed by atoms with Crippen molar-refractivity contribution >= 4 is 23.1 Å². The minimum absolute atomic E-state index is 0.134. The first-order chi connectivity index (χ1) is 13.8. The highest BCUT2D eigenvalue weighted by Crippen LogP contribution is 2.45. The van der Waals surface area contributed by atoms with Gasteiger partial charge >= 0.3 is 0 Å². The van der Waals surface area contributed by atoms with Gasteiger partial charge in [0.25, 0.3) is 5.91 Å². The number of fused-ring (bicyclic) bond motifs is 2. The van der Waals surface area contributed by atoms with Gasteiger partial charge in [-0.05, 0) is 24.5 Å². The van der Waals surface area contributed by atoms with E-state index in [0.29, 0.717) is 26.3 Å². The number of rotatable bonds is 2. The van der Waals surface area contributed by atoms with Crippen molar-refractivity contribution in [2.45, 2.75) is 24.9 Å². The molecule has 1 amide bonds. The molecule has 0 radical (unpaired) electrons. The number of aromatic nitrogens is 2. The Morgan fingerprint density at radius 1 is 1.11 bits per heavy atom. The van der Waals surface area contributed by atoms with Crippen LogP contribution in [0.25, 0.3) is 0 Å². The number of anilines is 1. The van der Waals surface area contributed by atoms with E-state index in [9.17, 15) is 4.79 Å². The number of ether oxygens (including phenoxy) is 2. The fourth-order valence-electron chi connectivity index (χ4n) is 4.41. The summed E-state index contributed by atoms with van der Waals surface area (Å²) in [4.78, 5) is 27.9. The molecule has 0 atom stereocenters. The molecule has 2 fully saturated rings. The molecular weight excluding hydrogens is 376 g/mol. The van der Waals surface area contributed by atoms with Crippen LogP contribution in [0.5, 0.6) is 0 Å². The second kappa shape index (κ2) is 7.42. The van der Waals surface area contributed by atoms with Crippen LogP contribution in [-0.2, 0) is 21.5 Å². The first-order valence-corrected chi connectivity index (χ1v) is 10.7. The SMILES string of the molecule is O=C(c1cc2c(s1)CCOC21CCN(c2cnccn2)CC1)N1CCOCC1. The molecule has 3 aliphatic rings. The van der Waals surface area contributed by atoms with Gasteiger partial charge < -0.3 is 19.3 Å². The van der Waals surface area contributed by atoms with Gasteiger partial charge in [-0.3, -0.25) is 9.78 Å². The minimum atomic E-state index is -0.271. The molecule has 5 rings (SSSR count). The zero-order chi connectivity index (χ0) is 19.0. The van der Waals surface area contributed by atoms with Crippen molar-refractivity contribution in [2.75, 3.05) is 50.9 Å². The van der Waals surface area contributed by atoms with E-state index in [1.54, 1.807) is 23.7 Å². The van der Waals surface area contributed by atoms with Crippen LogP contribution in [0.1, 0.15) is 33.0 Å². The van der Waals surface area contributed by atoms with Crippen LogP contribution in [0.3, 0.4) is 0 Å².